The Morgan fingerprint density at radius 3 is 2.25 bits per heavy atom. The fraction of sp³-hybridized carbons (Fsp3) is 0.379. The van der Waals surface area contributed by atoms with Gasteiger partial charge >= 0.3 is 0 Å². The zero-order chi connectivity index (χ0) is 25.8. The van der Waals surface area contributed by atoms with Gasteiger partial charge in [0, 0.05) is 11.1 Å². The highest BCUT2D eigenvalue weighted by Crippen LogP contribution is 2.37. The van der Waals surface area contributed by atoms with Crippen LogP contribution in [0, 0.1) is 36.0 Å². The molecule has 36 heavy (non-hydrogen) atoms. The Labute approximate surface area is 208 Å². The Hall–Kier alpha value is -2.93. The molecular formula is C29H29F5O2. The summed E-state index contributed by atoms with van der Waals surface area (Å²) >= 11 is 0. The minimum absolute atomic E-state index is 0.0234. The van der Waals surface area contributed by atoms with E-state index in [-0.39, 0.29) is 47.7 Å². The van der Waals surface area contributed by atoms with Crippen molar-refractivity contribution in [3.05, 3.63) is 88.2 Å². The first kappa shape index (κ1) is 26.1. The van der Waals surface area contributed by atoms with Gasteiger partial charge in [0.25, 0.3) is 0 Å². The van der Waals surface area contributed by atoms with E-state index in [1.165, 1.54) is 31.2 Å². The molecule has 4 rings (SSSR count). The number of benzene rings is 3. The van der Waals surface area contributed by atoms with E-state index in [2.05, 4.69) is 0 Å². The number of ether oxygens (including phenoxy) is 2. The normalized spacial score (nSPS) is 17.9. The summed E-state index contributed by atoms with van der Waals surface area (Å²) in [5.41, 5.74) is 1.14. The van der Waals surface area contributed by atoms with Crippen LogP contribution in [0.15, 0.2) is 42.5 Å². The molecule has 0 amide bonds. The van der Waals surface area contributed by atoms with Gasteiger partial charge in [0.2, 0.25) is 5.82 Å². The summed E-state index contributed by atoms with van der Waals surface area (Å²) in [6, 6.07) is 10.1. The molecule has 0 aliphatic heterocycles. The third-order valence-electron chi connectivity index (χ3n) is 6.77. The maximum Gasteiger partial charge on any atom is 0.201 e. The maximum absolute atomic E-state index is 14.8. The third kappa shape index (κ3) is 5.56. The van der Waals surface area contributed by atoms with E-state index in [9.17, 15) is 22.0 Å². The summed E-state index contributed by atoms with van der Waals surface area (Å²) < 4.78 is 83.0. The highest BCUT2D eigenvalue weighted by molar-refractivity contribution is 5.65. The minimum atomic E-state index is -1.10. The summed E-state index contributed by atoms with van der Waals surface area (Å²) in [5, 5.41) is 0. The molecule has 3 aromatic carbocycles. The number of aryl methyl sites for hydroxylation is 1. The van der Waals surface area contributed by atoms with Gasteiger partial charge in [-0.15, -0.1) is 0 Å². The van der Waals surface area contributed by atoms with Crippen LogP contribution in [-0.4, -0.2) is 12.7 Å². The van der Waals surface area contributed by atoms with Gasteiger partial charge in [-0.3, -0.25) is 0 Å². The zero-order valence-corrected chi connectivity index (χ0v) is 20.4. The molecule has 1 aliphatic carbocycles. The molecule has 0 N–H and O–H groups in total. The van der Waals surface area contributed by atoms with Gasteiger partial charge < -0.3 is 9.47 Å². The predicted octanol–water partition coefficient (Wildman–Crippen LogP) is 8.39. The molecule has 0 aromatic heterocycles. The molecule has 2 nitrogen and oxygen atoms in total. The van der Waals surface area contributed by atoms with Crippen molar-refractivity contribution >= 4 is 0 Å². The van der Waals surface area contributed by atoms with Crippen LogP contribution in [0.25, 0.3) is 11.1 Å². The van der Waals surface area contributed by atoms with E-state index in [0.717, 1.165) is 6.07 Å². The lowest BCUT2D eigenvalue weighted by Gasteiger charge is -2.29. The molecule has 0 unspecified atom stereocenters. The molecule has 1 fully saturated rings. The van der Waals surface area contributed by atoms with Gasteiger partial charge in [-0.05, 0) is 79.8 Å². The summed E-state index contributed by atoms with van der Waals surface area (Å²) in [4.78, 5) is 0. The van der Waals surface area contributed by atoms with E-state index in [1.54, 1.807) is 12.1 Å². The van der Waals surface area contributed by atoms with Crippen molar-refractivity contribution < 1.29 is 31.4 Å². The highest BCUT2D eigenvalue weighted by atomic mass is 19.2. The summed E-state index contributed by atoms with van der Waals surface area (Å²) in [6.07, 6.45) is 3.13. The SMILES string of the molecule is CCCOc1ccc(-c2ccc(COC3CCC(c4ccc(C)c(F)c4F)CC3)c(F)c2)c(F)c1F. The molecule has 1 saturated carbocycles. The summed E-state index contributed by atoms with van der Waals surface area (Å²) in [6.45, 7) is 3.68. The first-order valence-corrected chi connectivity index (χ1v) is 12.3. The predicted molar refractivity (Wildman–Crippen MR) is 128 cm³/mol. The molecule has 0 heterocycles. The molecule has 0 radical (unpaired) electrons. The highest BCUT2D eigenvalue weighted by Gasteiger charge is 2.26. The Bertz CT molecular complexity index is 1220. The zero-order valence-electron chi connectivity index (χ0n) is 20.4. The van der Waals surface area contributed by atoms with E-state index >= 15 is 0 Å². The molecule has 0 spiro atoms. The first-order valence-electron chi connectivity index (χ1n) is 12.3. The van der Waals surface area contributed by atoms with Gasteiger partial charge in [0.05, 0.1) is 19.3 Å². The van der Waals surface area contributed by atoms with Crippen LogP contribution in [0.2, 0.25) is 0 Å². The number of rotatable bonds is 8. The van der Waals surface area contributed by atoms with Crippen LogP contribution in [0.1, 0.15) is 61.6 Å². The van der Waals surface area contributed by atoms with Crippen molar-refractivity contribution in [2.45, 2.75) is 64.6 Å². The van der Waals surface area contributed by atoms with Crippen LogP contribution >= 0.6 is 0 Å². The second-order valence-electron chi connectivity index (χ2n) is 9.28. The lowest BCUT2D eigenvalue weighted by Crippen LogP contribution is -2.21. The van der Waals surface area contributed by atoms with Crippen molar-refractivity contribution in [1.29, 1.82) is 0 Å². The lowest BCUT2D eigenvalue weighted by molar-refractivity contribution is 0.0119. The number of hydrogen-bond acceptors (Lipinski definition) is 2. The average molecular weight is 505 g/mol. The van der Waals surface area contributed by atoms with Gasteiger partial charge in [-0.2, -0.15) is 4.39 Å². The number of halogens is 5. The van der Waals surface area contributed by atoms with Crippen molar-refractivity contribution in [2.75, 3.05) is 6.61 Å². The van der Waals surface area contributed by atoms with Crippen molar-refractivity contribution in [3.63, 3.8) is 0 Å². The molecule has 0 bridgehead atoms. The van der Waals surface area contributed by atoms with Crippen LogP contribution in [0.4, 0.5) is 22.0 Å². The quantitative estimate of drug-likeness (QED) is 0.287. The van der Waals surface area contributed by atoms with Crippen LogP contribution < -0.4 is 4.74 Å². The van der Waals surface area contributed by atoms with Crippen molar-refractivity contribution in [2.24, 2.45) is 0 Å². The van der Waals surface area contributed by atoms with Crippen LogP contribution in [-0.2, 0) is 11.3 Å². The Balaban J connectivity index is 1.36. The van der Waals surface area contributed by atoms with Crippen LogP contribution in [0.5, 0.6) is 5.75 Å². The summed E-state index contributed by atoms with van der Waals surface area (Å²) in [5.74, 6) is -4.59. The van der Waals surface area contributed by atoms with E-state index in [1.807, 2.05) is 6.92 Å². The molecule has 7 heteroatoms. The van der Waals surface area contributed by atoms with Gasteiger partial charge in [0.1, 0.15) is 5.82 Å². The number of hydrogen-bond donors (Lipinski definition) is 0. The molecule has 0 atom stereocenters. The fourth-order valence-electron chi connectivity index (χ4n) is 4.63. The van der Waals surface area contributed by atoms with Crippen molar-refractivity contribution in [3.8, 4) is 16.9 Å². The van der Waals surface area contributed by atoms with Gasteiger partial charge in [-0.1, -0.05) is 31.2 Å². The van der Waals surface area contributed by atoms with Crippen molar-refractivity contribution in [1.82, 2.24) is 0 Å². The molecule has 1 aliphatic rings. The Morgan fingerprint density at radius 1 is 0.806 bits per heavy atom. The first-order chi connectivity index (χ1) is 17.3. The minimum Gasteiger partial charge on any atom is -0.490 e. The molecular weight excluding hydrogens is 475 g/mol. The van der Waals surface area contributed by atoms with E-state index < -0.39 is 29.1 Å². The monoisotopic (exact) mass is 504 g/mol. The largest absolute Gasteiger partial charge is 0.490 e. The second kappa shape index (κ2) is 11.4. The molecule has 192 valence electrons. The van der Waals surface area contributed by atoms with Gasteiger partial charge in [0.15, 0.2) is 23.2 Å². The van der Waals surface area contributed by atoms with E-state index in [4.69, 9.17) is 9.47 Å². The lowest BCUT2D eigenvalue weighted by atomic mass is 9.82. The topological polar surface area (TPSA) is 18.5 Å². The van der Waals surface area contributed by atoms with Gasteiger partial charge in [-0.25, -0.2) is 17.6 Å². The standard InChI is InChI=1S/C29H29F5O2/c1-3-14-35-25-13-12-23(28(33)29(25)34)19-5-6-20(24(30)15-19)16-36-21-9-7-18(8-10-21)22-11-4-17(2)26(31)27(22)32/h4-6,11-13,15,18,21H,3,7-10,14,16H2,1-2H3. The second-order valence-corrected chi connectivity index (χ2v) is 9.28. The summed E-state index contributed by atoms with van der Waals surface area (Å²) in [7, 11) is 0. The van der Waals surface area contributed by atoms with E-state index in [0.29, 0.717) is 43.2 Å². The smallest absolute Gasteiger partial charge is 0.201 e. The average Bonchev–Trinajstić information content (AvgIpc) is 2.88. The third-order valence-corrected chi connectivity index (χ3v) is 6.77. The maximum atomic E-state index is 14.8. The molecule has 3 aromatic rings. The Morgan fingerprint density at radius 2 is 1.56 bits per heavy atom. The van der Waals surface area contributed by atoms with Crippen LogP contribution in [0.3, 0.4) is 0 Å². The molecule has 0 saturated heterocycles. The Kier molecular flexibility index (Phi) is 8.29. The fourth-order valence-corrected chi connectivity index (χ4v) is 4.63.